The van der Waals surface area contributed by atoms with Crippen molar-refractivity contribution in [2.75, 3.05) is 26.2 Å². The molecule has 130 valence electrons. The molecule has 2 fully saturated rings. The Hall–Kier alpha value is -1.55. The predicted molar refractivity (Wildman–Crippen MR) is 97.5 cm³/mol. The molecule has 2 heterocycles. The standard InChI is InChI=1S/C20H29N3O/c1-2-8-17(9-3-1)16-23-19-11-5-4-10-18(19)20(21-23)24-15-14-22-12-6-7-13-22/h4-5,10-11,17H,1-3,6-9,12-16H2. The van der Waals surface area contributed by atoms with Gasteiger partial charge in [0.2, 0.25) is 5.88 Å². The molecule has 1 aromatic carbocycles. The second-order valence-corrected chi connectivity index (χ2v) is 7.41. The van der Waals surface area contributed by atoms with Gasteiger partial charge < -0.3 is 4.74 Å². The number of rotatable bonds is 6. The van der Waals surface area contributed by atoms with Crippen LogP contribution < -0.4 is 4.74 Å². The van der Waals surface area contributed by atoms with E-state index in [2.05, 4.69) is 33.8 Å². The maximum Gasteiger partial charge on any atom is 0.240 e. The van der Waals surface area contributed by atoms with E-state index in [1.54, 1.807) is 0 Å². The summed E-state index contributed by atoms with van der Waals surface area (Å²) in [6, 6.07) is 8.51. The zero-order valence-corrected chi connectivity index (χ0v) is 14.6. The maximum absolute atomic E-state index is 6.08. The lowest BCUT2D eigenvalue weighted by atomic mass is 9.89. The zero-order chi connectivity index (χ0) is 16.2. The Morgan fingerprint density at radius 3 is 2.62 bits per heavy atom. The minimum absolute atomic E-state index is 0.741. The molecule has 1 saturated heterocycles. The van der Waals surface area contributed by atoms with Gasteiger partial charge >= 0.3 is 0 Å². The Bertz CT molecular complexity index is 654. The lowest BCUT2D eigenvalue weighted by molar-refractivity contribution is 0.230. The average Bonchev–Trinajstić information content (AvgIpc) is 3.25. The Labute approximate surface area is 144 Å². The van der Waals surface area contributed by atoms with Crippen molar-refractivity contribution in [3.8, 4) is 5.88 Å². The molecule has 1 aliphatic carbocycles. The van der Waals surface area contributed by atoms with E-state index in [-0.39, 0.29) is 0 Å². The van der Waals surface area contributed by atoms with E-state index < -0.39 is 0 Å². The number of nitrogens with zero attached hydrogens (tertiary/aromatic N) is 3. The molecule has 24 heavy (non-hydrogen) atoms. The first-order valence-electron chi connectivity index (χ1n) is 9.71. The topological polar surface area (TPSA) is 30.3 Å². The normalized spacial score (nSPS) is 20.0. The highest BCUT2D eigenvalue weighted by molar-refractivity contribution is 5.84. The molecule has 4 heteroatoms. The van der Waals surface area contributed by atoms with Gasteiger partial charge in [-0.2, -0.15) is 0 Å². The number of hydrogen-bond donors (Lipinski definition) is 0. The molecule has 1 aliphatic heterocycles. The van der Waals surface area contributed by atoms with E-state index in [9.17, 15) is 0 Å². The van der Waals surface area contributed by atoms with Crippen molar-refractivity contribution < 1.29 is 4.74 Å². The van der Waals surface area contributed by atoms with Gasteiger partial charge in [-0.05, 0) is 56.8 Å². The van der Waals surface area contributed by atoms with Crippen LogP contribution in [0.5, 0.6) is 5.88 Å². The summed E-state index contributed by atoms with van der Waals surface area (Å²) in [5.74, 6) is 1.60. The van der Waals surface area contributed by atoms with Crippen molar-refractivity contribution >= 4 is 10.9 Å². The van der Waals surface area contributed by atoms with Crippen LogP contribution in [0.2, 0.25) is 0 Å². The van der Waals surface area contributed by atoms with E-state index >= 15 is 0 Å². The molecule has 0 radical (unpaired) electrons. The molecule has 0 atom stereocenters. The van der Waals surface area contributed by atoms with Crippen molar-refractivity contribution in [2.24, 2.45) is 5.92 Å². The van der Waals surface area contributed by atoms with Gasteiger partial charge in [-0.1, -0.05) is 31.4 Å². The molecule has 0 bridgehead atoms. The Morgan fingerprint density at radius 1 is 1.00 bits per heavy atom. The second-order valence-electron chi connectivity index (χ2n) is 7.41. The molecule has 1 saturated carbocycles. The Kier molecular flexibility index (Phi) is 5.02. The van der Waals surface area contributed by atoms with Crippen LogP contribution in [0.1, 0.15) is 44.9 Å². The van der Waals surface area contributed by atoms with Crippen molar-refractivity contribution in [1.82, 2.24) is 14.7 Å². The van der Waals surface area contributed by atoms with Gasteiger partial charge in [0.25, 0.3) is 0 Å². The minimum atomic E-state index is 0.741. The quantitative estimate of drug-likeness (QED) is 0.800. The highest BCUT2D eigenvalue weighted by Gasteiger charge is 2.18. The highest BCUT2D eigenvalue weighted by atomic mass is 16.5. The van der Waals surface area contributed by atoms with Crippen LogP contribution >= 0.6 is 0 Å². The Morgan fingerprint density at radius 2 is 1.79 bits per heavy atom. The van der Waals surface area contributed by atoms with Crippen molar-refractivity contribution in [3.63, 3.8) is 0 Å². The van der Waals surface area contributed by atoms with E-state index in [1.165, 1.54) is 63.6 Å². The van der Waals surface area contributed by atoms with E-state index in [0.717, 1.165) is 36.9 Å². The van der Waals surface area contributed by atoms with Crippen LogP contribution in [0.15, 0.2) is 24.3 Å². The largest absolute Gasteiger partial charge is 0.475 e. The van der Waals surface area contributed by atoms with Gasteiger partial charge in [0.1, 0.15) is 6.61 Å². The number of likely N-dealkylation sites (tertiary alicyclic amines) is 1. The highest BCUT2D eigenvalue weighted by Crippen LogP contribution is 2.29. The summed E-state index contributed by atoms with van der Waals surface area (Å²) in [4.78, 5) is 2.49. The summed E-state index contributed by atoms with van der Waals surface area (Å²) in [5.41, 5.74) is 1.22. The first-order chi connectivity index (χ1) is 11.9. The third-order valence-electron chi connectivity index (χ3n) is 5.62. The number of ether oxygens (including phenoxy) is 1. The van der Waals surface area contributed by atoms with Gasteiger partial charge in [0.15, 0.2) is 0 Å². The number of para-hydroxylation sites is 1. The van der Waals surface area contributed by atoms with E-state index in [4.69, 9.17) is 9.84 Å². The fourth-order valence-electron chi connectivity index (χ4n) is 4.23. The van der Waals surface area contributed by atoms with Crippen molar-refractivity contribution in [3.05, 3.63) is 24.3 Å². The fourth-order valence-corrected chi connectivity index (χ4v) is 4.23. The number of benzene rings is 1. The lowest BCUT2D eigenvalue weighted by Crippen LogP contribution is -2.25. The van der Waals surface area contributed by atoms with Crippen LogP contribution in [0, 0.1) is 5.92 Å². The van der Waals surface area contributed by atoms with Gasteiger partial charge in [0.05, 0.1) is 10.9 Å². The predicted octanol–water partition coefficient (Wildman–Crippen LogP) is 4.09. The van der Waals surface area contributed by atoms with Crippen LogP contribution in [-0.4, -0.2) is 40.9 Å². The molecular weight excluding hydrogens is 298 g/mol. The van der Waals surface area contributed by atoms with Gasteiger partial charge in [0, 0.05) is 13.1 Å². The molecule has 2 aliphatic rings. The first-order valence-corrected chi connectivity index (χ1v) is 9.71. The summed E-state index contributed by atoms with van der Waals surface area (Å²) in [5, 5.41) is 5.99. The van der Waals surface area contributed by atoms with Gasteiger partial charge in [-0.3, -0.25) is 9.58 Å². The van der Waals surface area contributed by atoms with Crippen LogP contribution in [0.25, 0.3) is 10.9 Å². The molecule has 1 aromatic heterocycles. The zero-order valence-electron chi connectivity index (χ0n) is 14.6. The summed E-state index contributed by atoms with van der Waals surface area (Å²) in [6.07, 6.45) is 9.52. The van der Waals surface area contributed by atoms with Crippen LogP contribution in [0.4, 0.5) is 0 Å². The summed E-state index contributed by atoms with van der Waals surface area (Å²) >= 11 is 0. The summed E-state index contributed by atoms with van der Waals surface area (Å²) in [6.45, 7) is 5.24. The lowest BCUT2D eigenvalue weighted by Gasteiger charge is -2.21. The molecule has 2 aromatic rings. The van der Waals surface area contributed by atoms with Crippen LogP contribution in [0.3, 0.4) is 0 Å². The summed E-state index contributed by atoms with van der Waals surface area (Å²) in [7, 11) is 0. The molecule has 0 N–H and O–H groups in total. The van der Waals surface area contributed by atoms with E-state index in [0.29, 0.717) is 0 Å². The van der Waals surface area contributed by atoms with Crippen LogP contribution in [-0.2, 0) is 6.54 Å². The fraction of sp³-hybridized carbons (Fsp3) is 0.650. The van der Waals surface area contributed by atoms with Gasteiger partial charge in [-0.25, -0.2) is 0 Å². The molecule has 0 unspecified atom stereocenters. The molecule has 4 rings (SSSR count). The SMILES string of the molecule is c1ccc2c(c1)c(OCCN1CCCC1)nn2CC1CCCCC1. The van der Waals surface area contributed by atoms with Gasteiger partial charge in [-0.15, -0.1) is 5.10 Å². The summed E-state index contributed by atoms with van der Waals surface area (Å²) < 4.78 is 8.27. The number of hydrogen-bond acceptors (Lipinski definition) is 3. The monoisotopic (exact) mass is 327 g/mol. The van der Waals surface area contributed by atoms with E-state index in [1.807, 2.05) is 0 Å². The number of fused-ring (bicyclic) bond motifs is 1. The van der Waals surface area contributed by atoms with Crippen molar-refractivity contribution in [1.29, 1.82) is 0 Å². The molecular formula is C20H29N3O. The molecule has 4 nitrogen and oxygen atoms in total. The minimum Gasteiger partial charge on any atom is -0.475 e. The average molecular weight is 327 g/mol. The Balaban J connectivity index is 1.45. The molecule has 0 spiro atoms. The first kappa shape index (κ1) is 15.9. The molecule has 0 amide bonds. The third kappa shape index (κ3) is 3.59. The third-order valence-corrected chi connectivity index (χ3v) is 5.62. The number of aromatic nitrogens is 2. The second kappa shape index (κ2) is 7.56. The smallest absolute Gasteiger partial charge is 0.240 e. The van der Waals surface area contributed by atoms with Crippen molar-refractivity contribution in [2.45, 2.75) is 51.5 Å². The maximum atomic E-state index is 6.08.